The summed E-state index contributed by atoms with van der Waals surface area (Å²) in [4.78, 5) is 10.9. The molecule has 0 aliphatic carbocycles. The summed E-state index contributed by atoms with van der Waals surface area (Å²) in [6.07, 6.45) is 0. The SMILES string of the molecule is CC(C(=O)O)c1ccc(F)c(-c2ccccc2F)c1. The molecule has 0 bridgehead atoms. The number of halogens is 2. The molecule has 0 aromatic heterocycles. The molecular formula is C15H12F2O2. The van der Waals surface area contributed by atoms with E-state index < -0.39 is 23.5 Å². The number of carbonyl (C=O) groups is 1. The highest BCUT2D eigenvalue weighted by atomic mass is 19.1. The lowest BCUT2D eigenvalue weighted by Gasteiger charge is -2.10. The van der Waals surface area contributed by atoms with Gasteiger partial charge in [-0.05, 0) is 30.7 Å². The van der Waals surface area contributed by atoms with Crippen LogP contribution < -0.4 is 0 Å². The summed E-state index contributed by atoms with van der Waals surface area (Å²) in [6.45, 7) is 1.50. The molecule has 1 atom stereocenters. The zero-order valence-electron chi connectivity index (χ0n) is 10.2. The van der Waals surface area contributed by atoms with E-state index in [2.05, 4.69) is 0 Å². The molecule has 0 saturated heterocycles. The van der Waals surface area contributed by atoms with Gasteiger partial charge in [0.15, 0.2) is 0 Å². The molecule has 19 heavy (non-hydrogen) atoms. The molecular weight excluding hydrogens is 250 g/mol. The highest BCUT2D eigenvalue weighted by molar-refractivity contribution is 5.77. The van der Waals surface area contributed by atoms with Gasteiger partial charge in [-0.2, -0.15) is 0 Å². The summed E-state index contributed by atoms with van der Waals surface area (Å²) in [5.74, 6) is -2.90. The van der Waals surface area contributed by atoms with Crippen molar-refractivity contribution in [2.75, 3.05) is 0 Å². The Morgan fingerprint density at radius 3 is 2.32 bits per heavy atom. The van der Waals surface area contributed by atoms with Crippen LogP contribution >= 0.6 is 0 Å². The summed E-state index contributed by atoms with van der Waals surface area (Å²) in [5, 5.41) is 8.95. The summed E-state index contributed by atoms with van der Waals surface area (Å²) in [6, 6.07) is 9.76. The average molecular weight is 262 g/mol. The lowest BCUT2D eigenvalue weighted by atomic mass is 9.95. The van der Waals surface area contributed by atoms with Gasteiger partial charge in [-0.15, -0.1) is 0 Å². The maximum absolute atomic E-state index is 13.8. The minimum atomic E-state index is -1.01. The fourth-order valence-corrected chi connectivity index (χ4v) is 1.84. The molecule has 0 amide bonds. The second-order valence-electron chi connectivity index (χ2n) is 4.28. The normalized spacial score (nSPS) is 12.2. The van der Waals surface area contributed by atoms with Crippen molar-refractivity contribution in [1.29, 1.82) is 0 Å². The lowest BCUT2D eigenvalue weighted by molar-refractivity contribution is -0.138. The van der Waals surface area contributed by atoms with E-state index in [4.69, 9.17) is 5.11 Å². The number of hydrogen-bond acceptors (Lipinski definition) is 1. The van der Waals surface area contributed by atoms with E-state index in [9.17, 15) is 13.6 Å². The summed E-state index contributed by atoms with van der Waals surface area (Å²) >= 11 is 0. The standard InChI is InChI=1S/C15H12F2O2/c1-9(15(18)19)10-6-7-14(17)12(8-10)11-4-2-3-5-13(11)16/h2-9H,1H3,(H,18,19). The minimum absolute atomic E-state index is 0.0729. The van der Waals surface area contributed by atoms with Crippen molar-refractivity contribution in [3.63, 3.8) is 0 Å². The van der Waals surface area contributed by atoms with Gasteiger partial charge in [-0.1, -0.05) is 24.3 Å². The van der Waals surface area contributed by atoms with Crippen LogP contribution in [0.3, 0.4) is 0 Å². The molecule has 4 heteroatoms. The molecule has 0 saturated carbocycles. The van der Waals surface area contributed by atoms with Crippen LogP contribution in [0.15, 0.2) is 42.5 Å². The van der Waals surface area contributed by atoms with Gasteiger partial charge in [0.2, 0.25) is 0 Å². The predicted octanol–water partition coefficient (Wildman–Crippen LogP) is 3.82. The van der Waals surface area contributed by atoms with E-state index in [0.29, 0.717) is 5.56 Å². The van der Waals surface area contributed by atoms with E-state index >= 15 is 0 Å². The molecule has 1 N–H and O–H groups in total. The summed E-state index contributed by atoms with van der Waals surface area (Å²) in [7, 11) is 0. The van der Waals surface area contributed by atoms with Gasteiger partial charge in [-0.25, -0.2) is 8.78 Å². The molecule has 0 spiro atoms. The first kappa shape index (κ1) is 13.2. The quantitative estimate of drug-likeness (QED) is 0.913. The Balaban J connectivity index is 2.55. The smallest absolute Gasteiger partial charge is 0.310 e. The van der Waals surface area contributed by atoms with E-state index in [1.54, 1.807) is 6.07 Å². The third kappa shape index (κ3) is 2.62. The molecule has 0 heterocycles. The molecule has 1 unspecified atom stereocenters. The van der Waals surface area contributed by atoms with Crippen LogP contribution in [0.5, 0.6) is 0 Å². The van der Waals surface area contributed by atoms with E-state index in [1.165, 1.54) is 37.3 Å². The average Bonchev–Trinajstić information content (AvgIpc) is 2.39. The van der Waals surface area contributed by atoms with Crippen molar-refractivity contribution in [3.8, 4) is 11.1 Å². The van der Waals surface area contributed by atoms with Gasteiger partial charge in [0.1, 0.15) is 11.6 Å². The van der Waals surface area contributed by atoms with Gasteiger partial charge < -0.3 is 5.11 Å². The van der Waals surface area contributed by atoms with Gasteiger partial charge in [0.05, 0.1) is 5.92 Å². The van der Waals surface area contributed by atoms with E-state index in [-0.39, 0.29) is 11.1 Å². The van der Waals surface area contributed by atoms with Crippen molar-refractivity contribution in [3.05, 3.63) is 59.7 Å². The molecule has 0 fully saturated rings. The number of carboxylic acid groups (broad SMARTS) is 1. The Bertz CT molecular complexity index is 623. The molecule has 2 aromatic carbocycles. The first-order valence-electron chi connectivity index (χ1n) is 5.78. The van der Waals surface area contributed by atoms with E-state index in [0.717, 1.165) is 6.07 Å². The van der Waals surface area contributed by atoms with Crippen molar-refractivity contribution >= 4 is 5.97 Å². The first-order valence-corrected chi connectivity index (χ1v) is 5.78. The van der Waals surface area contributed by atoms with Gasteiger partial charge in [0.25, 0.3) is 0 Å². The van der Waals surface area contributed by atoms with E-state index in [1.807, 2.05) is 0 Å². The predicted molar refractivity (Wildman–Crippen MR) is 67.8 cm³/mol. The molecule has 2 nitrogen and oxygen atoms in total. The molecule has 0 aliphatic heterocycles. The van der Waals surface area contributed by atoms with Crippen LogP contribution in [-0.4, -0.2) is 11.1 Å². The van der Waals surface area contributed by atoms with Crippen molar-refractivity contribution in [2.24, 2.45) is 0 Å². The molecule has 2 rings (SSSR count). The fourth-order valence-electron chi connectivity index (χ4n) is 1.84. The minimum Gasteiger partial charge on any atom is -0.481 e. The molecule has 0 aliphatic rings. The number of hydrogen-bond donors (Lipinski definition) is 1. The maximum atomic E-state index is 13.8. The Morgan fingerprint density at radius 2 is 1.68 bits per heavy atom. The Morgan fingerprint density at radius 1 is 1.05 bits per heavy atom. The van der Waals surface area contributed by atoms with Crippen LogP contribution in [0, 0.1) is 11.6 Å². The topological polar surface area (TPSA) is 37.3 Å². The van der Waals surface area contributed by atoms with Gasteiger partial charge in [-0.3, -0.25) is 4.79 Å². The molecule has 2 aromatic rings. The first-order chi connectivity index (χ1) is 9.00. The Labute approximate surface area is 109 Å². The van der Waals surface area contributed by atoms with Crippen molar-refractivity contribution in [1.82, 2.24) is 0 Å². The number of carboxylic acids is 1. The van der Waals surface area contributed by atoms with Crippen LogP contribution in [-0.2, 0) is 4.79 Å². The second kappa shape index (κ2) is 5.18. The van der Waals surface area contributed by atoms with Crippen molar-refractivity contribution < 1.29 is 18.7 Å². The third-order valence-corrected chi connectivity index (χ3v) is 3.02. The summed E-state index contributed by atoms with van der Waals surface area (Å²) < 4.78 is 27.4. The highest BCUT2D eigenvalue weighted by Crippen LogP contribution is 2.28. The van der Waals surface area contributed by atoms with Crippen LogP contribution in [0.2, 0.25) is 0 Å². The molecule has 98 valence electrons. The monoisotopic (exact) mass is 262 g/mol. The maximum Gasteiger partial charge on any atom is 0.310 e. The lowest BCUT2D eigenvalue weighted by Crippen LogP contribution is -2.07. The fraction of sp³-hybridized carbons (Fsp3) is 0.133. The Hall–Kier alpha value is -2.23. The van der Waals surface area contributed by atoms with Crippen LogP contribution in [0.25, 0.3) is 11.1 Å². The highest BCUT2D eigenvalue weighted by Gasteiger charge is 2.17. The van der Waals surface area contributed by atoms with Crippen LogP contribution in [0.4, 0.5) is 8.78 Å². The van der Waals surface area contributed by atoms with Crippen LogP contribution in [0.1, 0.15) is 18.4 Å². The molecule has 0 radical (unpaired) electrons. The van der Waals surface area contributed by atoms with Gasteiger partial charge >= 0.3 is 5.97 Å². The zero-order chi connectivity index (χ0) is 14.0. The zero-order valence-corrected chi connectivity index (χ0v) is 10.2. The second-order valence-corrected chi connectivity index (χ2v) is 4.28. The third-order valence-electron chi connectivity index (χ3n) is 3.02. The number of rotatable bonds is 3. The summed E-state index contributed by atoms with van der Waals surface area (Å²) in [5.41, 5.74) is 0.635. The largest absolute Gasteiger partial charge is 0.481 e. The number of aliphatic carboxylic acids is 1. The Kier molecular flexibility index (Phi) is 3.60. The number of benzene rings is 2. The van der Waals surface area contributed by atoms with Gasteiger partial charge in [0, 0.05) is 11.1 Å². The van der Waals surface area contributed by atoms with Crippen molar-refractivity contribution in [2.45, 2.75) is 12.8 Å².